The molecule has 0 aliphatic heterocycles. The fraction of sp³-hybridized carbons (Fsp3) is 0.250. The average Bonchev–Trinajstić information content (AvgIpc) is 1.53. The van der Waals surface area contributed by atoms with Gasteiger partial charge in [0.2, 0.25) is 0 Å². The van der Waals surface area contributed by atoms with Gasteiger partial charge in [-0.2, -0.15) is 0 Å². The Kier molecular flexibility index (Phi) is 13.6. The highest BCUT2D eigenvalue weighted by Crippen LogP contribution is 2.66. The van der Waals surface area contributed by atoms with Crippen molar-refractivity contribution in [2.75, 3.05) is 0 Å². The summed E-state index contributed by atoms with van der Waals surface area (Å²) in [5.41, 5.74) is 34.6. The van der Waals surface area contributed by atoms with Crippen LogP contribution >= 0.6 is 0 Å². The lowest BCUT2D eigenvalue weighted by Crippen LogP contribution is -2.42. The van der Waals surface area contributed by atoms with Gasteiger partial charge in [-0.15, -0.1) is 0 Å². The van der Waals surface area contributed by atoms with Crippen molar-refractivity contribution in [2.45, 2.75) is 157 Å². The fourth-order valence-electron chi connectivity index (χ4n) is 22.2. The quantitative estimate of drug-likeness (QED) is 0.156. The highest BCUT2D eigenvalue weighted by atomic mass is 15.0. The summed E-state index contributed by atoms with van der Waals surface area (Å²) in [6.45, 7) is 44.3. The molecule has 3 aliphatic rings. The van der Waals surface area contributed by atoms with Crippen LogP contribution in [0, 0.1) is 16.2 Å². The number of hydrogen-bond acceptors (Lipinski definition) is 3. The molecule has 6 heteroatoms. The molecule has 114 heavy (non-hydrogen) atoms. The summed E-state index contributed by atoms with van der Waals surface area (Å²) >= 11 is 0. The van der Waals surface area contributed by atoms with Crippen molar-refractivity contribution in [1.29, 1.82) is 0 Å². The predicted molar refractivity (Wildman–Crippen MR) is 482 cm³/mol. The van der Waals surface area contributed by atoms with Crippen LogP contribution in [0.5, 0.6) is 0 Å². The lowest BCUT2D eigenvalue weighted by molar-refractivity contribution is 0.125. The van der Waals surface area contributed by atoms with Gasteiger partial charge in [0, 0.05) is 32.3 Å². The Labute approximate surface area is 667 Å². The van der Waals surface area contributed by atoms with Gasteiger partial charge in [-0.25, -0.2) is 15.0 Å². The summed E-state index contributed by atoms with van der Waals surface area (Å²) in [5.74, 6) is 0. The lowest BCUT2D eigenvalue weighted by atomic mass is 9.59. The molecule has 0 N–H and O–H groups in total. The number of rotatable bonds is 6. The molecule has 0 saturated heterocycles. The van der Waals surface area contributed by atoms with Crippen molar-refractivity contribution < 1.29 is 0 Å². The van der Waals surface area contributed by atoms with Crippen molar-refractivity contribution in [1.82, 2.24) is 28.2 Å². The van der Waals surface area contributed by atoms with Crippen LogP contribution in [0.1, 0.15) is 158 Å². The Morgan fingerprint density at radius 2 is 0.404 bits per heavy atom. The van der Waals surface area contributed by atoms with E-state index in [0.717, 1.165) is 133 Å². The van der Waals surface area contributed by atoms with Gasteiger partial charge in [-0.3, -0.25) is 13.2 Å². The first-order valence-electron chi connectivity index (χ1n) is 41.2. The van der Waals surface area contributed by atoms with Gasteiger partial charge in [-0.1, -0.05) is 252 Å². The second-order valence-corrected chi connectivity index (χ2v) is 38.9. The van der Waals surface area contributed by atoms with Crippen molar-refractivity contribution in [3.63, 3.8) is 0 Å². The number of fused-ring (bicyclic) bond motifs is 27. The van der Waals surface area contributed by atoms with E-state index in [9.17, 15) is 0 Å². The van der Waals surface area contributed by atoms with Gasteiger partial charge >= 0.3 is 0 Å². The molecule has 6 heterocycles. The minimum Gasteiger partial charge on any atom is -0.292 e. The maximum Gasteiger partial charge on any atom is 0.146 e. The smallest absolute Gasteiger partial charge is 0.146 e. The van der Waals surface area contributed by atoms with Gasteiger partial charge in [0.1, 0.15) is 16.9 Å². The van der Waals surface area contributed by atoms with E-state index < -0.39 is 0 Å². The predicted octanol–water partition coefficient (Wildman–Crippen LogP) is 28.8. The summed E-state index contributed by atoms with van der Waals surface area (Å²) < 4.78 is 7.33. The first-order chi connectivity index (χ1) is 54.3. The Morgan fingerprint density at radius 3 is 0.658 bits per heavy atom. The normalized spacial score (nSPS) is 17.8. The lowest BCUT2D eigenvalue weighted by Gasteiger charge is -2.44. The van der Waals surface area contributed by atoms with Gasteiger partial charge < -0.3 is 0 Å². The summed E-state index contributed by atoms with van der Waals surface area (Å²) in [4.78, 5) is 16.5. The molecule has 0 amide bonds. The summed E-state index contributed by atoms with van der Waals surface area (Å²) in [6, 6.07) is 97.8. The highest BCUT2D eigenvalue weighted by Gasteiger charge is 2.59. The van der Waals surface area contributed by atoms with Crippen LogP contribution in [0.4, 0.5) is 0 Å². The number of pyridine rings is 3. The van der Waals surface area contributed by atoms with Gasteiger partial charge in [0.25, 0.3) is 0 Å². The molecule has 22 rings (SSSR count). The molecule has 6 nitrogen and oxygen atoms in total. The molecule has 0 radical (unpaired) electrons. The molecule has 0 saturated carbocycles. The minimum atomic E-state index is -0.0986. The van der Waals surface area contributed by atoms with Crippen LogP contribution in [0.3, 0.4) is 0 Å². The van der Waals surface area contributed by atoms with E-state index in [-0.39, 0.29) is 48.7 Å². The zero-order valence-electron chi connectivity index (χ0n) is 68.9. The standard InChI is InChI=1S/C108H96N6/c1-100(2)82-55-79-76-52-61(43-46-73(76)97-109-88-37-25-28-40-91(88)112(97)94(79)58-85(82)103(7,8)106(100,13)14)67-31-19-22-34-70(67)64-49-65(71-35-23-20-32-68(71)62-44-47-74-77(53-62)80-56-83-86(104(9,10)107(15,16)101(83,3)4)59-95(80)113-92-41-29-26-38-89(92)110-98(74)113)51-66(50-64)72-36-24-21-33-69(72)63-45-48-75-78(54-63)81-57-84-87(105(11,12)108(17,18)102(84,5)6)60-96(81)114-93-42-30-27-39-90(93)111-99(75)114/h19-60H,1-18H3. The molecule has 3 aliphatic carbocycles. The number of hydrogen-bond donors (Lipinski definition) is 0. The second-order valence-electron chi connectivity index (χ2n) is 38.9. The first kappa shape index (κ1) is 69.0. The molecule has 13 aromatic carbocycles. The largest absolute Gasteiger partial charge is 0.292 e. The molecular weight excluding hydrogens is 1380 g/mol. The monoisotopic (exact) mass is 1480 g/mol. The van der Waals surface area contributed by atoms with E-state index in [1.54, 1.807) is 0 Å². The maximum atomic E-state index is 5.49. The van der Waals surface area contributed by atoms with Gasteiger partial charge in [0.05, 0.1) is 49.7 Å². The minimum absolute atomic E-state index is 0.0210. The van der Waals surface area contributed by atoms with Gasteiger partial charge in [-0.05, 0) is 292 Å². The molecule has 6 aromatic heterocycles. The number of benzene rings is 13. The van der Waals surface area contributed by atoms with Crippen LogP contribution in [-0.2, 0) is 32.5 Å². The van der Waals surface area contributed by atoms with Crippen LogP contribution < -0.4 is 0 Å². The summed E-state index contributed by atoms with van der Waals surface area (Å²) in [5, 5.41) is 10.8. The molecule has 558 valence electrons. The number of para-hydroxylation sites is 6. The molecule has 0 fully saturated rings. The van der Waals surface area contributed by atoms with Gasteiger partial charge in [0.15, 0.2) is 0 Å². The van der Waals surface area contributed by atoms with E-state index in [4.69, 9.17) is 15.0 Å². The number of nitrogens with zero attached hydrogens (tertiary/aromatic N) is 6. The summed E-state index contributed by atoms with van der Waals surface area (Å²) in [7, 11) is 0. The Bertz CT molecular complexity index is 6850. The molecule has 0 spiro atoms. The molecule has 0 bridgehead atoms. The van der Waals surface area contributed by atoms with Crippen molar-refractivity contribution in [3.05, 3.63) is 288 Å². The highest BCUT2D eigenvalue weighted by molar-refractivity contribution is 6.19. The van der Waals surface area contributed by atoms with Crippen LogP contribution in [-0.4, -0.2) is 28.2 Å². The molecule has 0 atom stereocenters. The SMILES string of the molecule is CC1(C)c2cc3c4cc(-c5ccccc5-c5cc(-c6ccccc6-c6ccc7c(c6)c6cc8c(cc6n6c9ccccc9nc76)C(C)(C)C(C)(C)C8(C)C)cc(-c6ccccc6-c6ccc7c(c6)c6cc8c(cc6n6c9ccccc9nc76)C(C)(C)C(C)(C)C8(C)C)c5)ccc4c4nc5ccccc5n4c3cc2C(C)(C)C1(C)C. The Morgan fingerprint density at radius 1 is 0.184 bits per heavy atom. The zero-order valence-corrected chi connectivity index (χ0v) is 68.9. The van der Waals surface area contributed by atoms with E-state index in [1.165, 1.54) is 82.2 Å². The maximum absolute atomic E-state index is 5.49. The zero-order chi connectivity index (χ0) is 78.6. The second kappa shape index (κ2) is 22.4. The Hall–Kier alpha value is -11.7. The summed E-state index contributed by atoms with van der Waals surface area (Å²) in [6.07, 6.45) is 0. The first-order valence-corrected chi connectivity index (χ1v) is 41.2. The number of imidazole rings is 3. The van der Waals surface area contributed by atoms with Crippen LogP contribution in [0.15, 0.2) is 255 Å². The molecular formula is C108H96N6. The van der Waals surface area contributed by atoms with E-state index in [2.05, 4.69) is 393 Å². The molecule has 0 unspecified atom stereocenters. The van der Waals surface area contributed by atoms with Crippen molar-refractivity contribution in [2.24, 2.45) is 16.2 Å². The van der Waals surface area contributed by atoms with Crippen LogP contribution in [0.2, 0.25) is 0 Å². The third-order valence-corrected chi connectivity index (χ3v) is 32.5. The molecule has 19 aromatic rings. The van der Waals surface area contributed by atoms with E-state index in [1.807, 2.05) is 0 Å². The van der Waals surface area contributed by atoms with Crippen LogP contribution in [0.25, 0.3) is 182 Å². The third-order valence-electron chi connectivity index (χ3n) is 32.5. The van der Waals surface area contributed by atoms with E-state index in [0.29, 0.717) is 0 Å². The van der Waals surface area contributed by atoms with E-state index >= 15 is 0 Å². The topological polar surface area (TPSA) is 51.9 Å². The average molecular weight is 1480 g/mol. The fourth-order valence-corrected chi connectivity index (χ4v) is 22.2. The number of aromatic nitrogens is 6. The Balaban J connectivity index is 0.781. The third kappa shape index (κ3) is 8.58. The van der Waals surface area contributed by atoms with Crippen molar-refractivity contribution >= 4 is 115 Å². The van der Waals surface area contributed by atoms with Crippen molar-refractivity contribution in [3.8, 4) is 66.8 Å².